The van der Waals surface area contributed by atoms with Gasteiger partial charge in [-0.05, 0) is 53.1 Å². The van der Waals surface area contributed by atoms with E-state index in [1.807, 2.05) is 66.7 Å². The van der Waals surface area contributed by atoms with E-state index in [2.05, 4.69) is 4.98 Å². The first kappa shape index (κ1) is 21.8. The Balaban J connectivity index is 1.71. The molecule has 0 aliphatic heterocycles. The minimum Gasteiger partial charge on any atom is -0.397 e. The summed E-state index contributed by atoms with van der Waals surface area (Å²) in [6.07, 6.45) is 1.80. The fourth-order valence-electron chi connectivity index (χ4n) is 3.61. The Morgan fingerprint density at radius 1 is 0.818 bits per heavy atom. The fourth-order valence-corrected chi connectivity index (χ4v) is 3.61. The van der Waals surface area contributed by atoms with E-state index >= 15 is 0 Å². The molecule has 0 fully saturated rings. The highest BCUT2D eigenvalue weighted by atomic mass is 16.2. The van der Waals surface area contributed by atoms with Crippen LogP contribution in [0.15, 0.2) is 97.2 Å². The van der Waals surface area contributed by atoms with Crippen molar-refractivity contribution in [2.75, 3.05) is 10.6 Å². The zero-order chi connectivity index (χ0) is 23.2. The number of carbonyl (C=O) groups is 2. The third kappa shape index (κ3) is 5.25. The van der Waals surface area contributed by atoms with Gasteiger partial charge in [0.25, 0.3) is 0 Å². The molecule has 6 heteroatoms. The summed E-state index contributed by atoms with van der Waals surface area (Å²) in [5, 5.41) is 0. The molecule has 0 radical (unpaired) electrons. The van der Waals surface area contributed by atoms with E-state index in [1.54, 1.807) is 35.4 Å². The number of rotatable bonds is 7. The standard InChI is InChI=1S/C27H24N4O2/c28-24-14-13-22(20-6-2-1-3-7-20)16-25(24)31(26(32)17-23-8-4-5-15-30-23)18-19-9-11-21(12-10-19)27(29)33/h1-16H,17-18,28H2,(H2,29,33). The number of nitrogens with zero attached hydrogens (tertiary/aromatic N) is 2. The quantitative estimate of drug-likeness (QED) is 0.424. The van der Waals surface area contributed by atoms with Crippen molar-refractivity contribution in [1.29, 1.82) is 0 Å². The molecule has 0 bridgehead atoms. The molecule has 6 nitrogen and oxygen atoms in total. The van der Waals surface area contributed by atoms with Crippen molar-refractivity contribution in [3.8, 4) is 11.1 Å². The first-order valence-electron chi connectivity index (χ1n) is 10.6. The van der Waals surface area contributed by atoms with E-state index in [0.717, 1.165) is 16.7 Å². The van der Waals surface area contributed by atoms with Gasteiger partial charge in [0.15, 0.2) is 0 Å². The fraction of sp³-hybridized carbons (Fsp3) is 0.0741. The van der Waals surface area contributed by atoms with Crippen LogP contribution in [0.2, 0.25) is 0 Å². The minimum absolute atomic E-state index is 0.134. The van der Waals surface area contributed by atoms with E-state index in [0.29, 0.717) is 22.6 Å². The Morgan fingerprint density at radius 2 is 1.55 bits per heavy atom. The lowest BCUT2D eigenvalue weighted by Crippen LogP contribution is -2.32. The minimum atomic E-state index is -0.496. The predicted octanol–water partition coefficient (Wildman–Crippen LogP) is 4.21. The first-order chi connectivity index (χ1) is 16.0. The zero-order valence-electron chi connectivity index (χ0n) is 18.0. The third-order valence-corrected chi connectivity index (χ3v) is 5.37. The van der Waals surface area contributed by atoms with Crippen molar-refractivity contribution in [1.82, 2.24) is 4.98 Å². The van der Waals surface area contributed by atoms with Crippen molar-refractivity contribution in [3.05, 3.63) is 114 Å². The van der Waals surface area contributed by atoms with E-state index in [9.17, 15) is 9.59 Å². The molecule has 0 atom stereocenters. The number of primary amides is 1. The number of benzene rings is 3. The van der Waals surface area contributed by atoms with Crippen molar-refractivity contribution in [2.24, 2.45) is 5.73 Å². The molecule has 4 N–H and O–H groups in total. The second-order valence-electron chi connectivity index (χ2n) is 7.68. The average molecular weight is 437 g/mol. The number of pyridine rings is 1. The van der Waals surface area contributed by atoms with Crippen molar-refractivity contribution >= 4 is 23.2 Å². The molecule has 4 aromatic rings. The number of carbonyl (C=O) groups excluding carboxylic acids is 2. The molecule has 2 amide bonds. The Hall–Kier alpha value is -4.45. The summed E-state index contributed by atoms with van der Waals surface area (Å²) in [7, 11) is 0. The number of amides is 2. The summed E-state index contributed by atoms with van der Waals surface area (Å²) in [6, 6.07) is 28.0. The van der Waals surface area contributed by atoms with Gasteiger partial charge in [0.2, 0.25) is 11.8 Å². The highest BCUT2D eigenvalue weighted by molar-refractivity contribution is 5.98. The smallest absolute Gasteiger partial charge is 0.248 e. The van der Waals surface area contributed by atoms with Gasteiger partial charge in [-0.1, -0.05) is 54.6 Å². The molecule has 33 heavy (non-hydrogen) atoms. The van der Waals surface area contributed by atoms with Gasteiger partial charge >= 0.3 is 0 Å². The molecule has 4 rings (SSSR count). The molecular weight excluding hydrogens is 412 g/mol. The lowest BCUT2D eigenvalue weighted by atomic mass is 10.0. The van der Waals surface area contributed by atoms with Crippen LogP contribution in [0.3, 0.4) is 0 Å². The Kier molecular flexibility index (Phi) is 6.45. The SMILES string of the molecule is NC(=O)c1ccc(CN(C(=O)Cc2ccccn2)c2cc(-c3ccccc3)ccc2N)cc1. The Labute approximate surface area is 192 Å². The molecule has 1 heterocycles. The topological polar surface area (TPSA) is 102 Å². The first-order valence-corrected chi connectivity index (χ1v) is 10.6. The van der Waals surface area contributed by atoms with E-state index in [-0.39, 0.29) is 18.9 Å². The van der Waals surface area contributed by atoms with Crippen LogP contribution in [0.4, 0.5) is 11.4 Å². The average Bonchev–Trinajstić information content (AvgIpc) is 2.84. The second-order valence-corrected chi connectivity index (χ2v) is 7.68. The van der Waals surface area contributed by atoms with Crippen molar-refractivity contribution in [2.45, 2.75) is 13.0 Å². The molecule has 0 unspecified atom stereocenters. The molecule has 164 valence electrons. The van der Waals surface area contributed by atoms with Gasteiger partial charge in [0.1, 0.15) is 0 Å². The molecule has 1 aromatic heterocycles. The lowest BCUT2D eigenvalue weighted by Gasteiger charge is -2.25. The highest BCUT2D eigenvalue weighted by Gasteiger charge is 2.20. The van der Waals surface area contributed by atoms with Crippen LogP contribution in [-0.4, -0.2) is 16.8 Å². The van der Waals surface area contributed by atoms with E-state index < -0.39 is 5.91 Å². The molecule has 0 aliphatic carbocycles. The van der Waals surface area contributed by atoms with Gasteiger partial charge < -0.3 is 16.4 Å². The summed E-state index contributed by atoms with van der Waals surface area (Å²) in [5.74, 6) is -0.631. The van der Waals surface area contributed by atoms with Crippen LogP contribution in [0.5, 0.6) is 0 Å². The van der Waals surface area contributed by atoms with Crippen molar-refractivity contribution in [3.63, 3.8) is 0 Å². The van der Waals surface area contributed by atoms with Gasteiger partial charge in [0, 0.05) is 17.5 Å². The van der Waals surface area contributed by atoms with Crippen LogP contribution < -0.4 is 16.4 Å². The molecule has 0 saturated carbocycles. The molecule has 0 spiro atoms. The second kappa shape index (κ2) is 9.78. The Morgan fingerprint density at radius 3 is 2.21 bits per heavy atom. The van der Waals surface area contributed by atoms with Gasteiger partial charge in [-0.25, -0.2) is 0 Å². The highest BCUT2D eigenvalue weighted by Crippen LogP contribution is 2.31. The van der Waals surface area contributed by atoms with Crippen LogP contribution in [0.25, 0.3) is 11.1 Å². The van der Waals surface area contributed by atoms with Crippen LogP contribution in [0, 0.1) is 0 Å². The van der Waals surface area contributed by atoms with E-state index in [4.69, 9.17) is 11.5 Å². The largest absolute Gasteiger partial charge is 0.397 e. The van der Waals surface area contributed by atoms with Crippen molar-refractivity contribution < 1.29 is 9.59 Å². The number of hydrogen-bond acceptors (Lipinski definition) is 4. The maximum absolute atomic E-state index is 13.4. The van der Waals surface area contributed by atoms with Crippen LogP contribution in [-0.2, 0) is 17.8 Å². The normalized spacial score (nSPS) is 10.5. The number of anilines is 2. The summed E-state index contributed by atoms with van der Waals surface area (Å²) in [5.41, 5.74) is 16.7. The molecule has 0 saturated heterocycles. The van der Waals surface area contributed by atoms with Gasteiger partial charge in [-0.15, -0.1) is 0 Å². The number of nitrogens with two attached hydrogens (primary N) is 2. The maximum atomic E-state index is 13.4. The van der Waals surface area contributed by atoms with Gasteiger partial charge in [-0.3, -0.25) is 14.6 Å². The lowest BCUT2D eigenvalue weighted by molar-refractivity contribution is -0.118. The zero-order valence-corrected chi connectivity index (χ0v) is 18.0. The monoisotopic (exact) mass is 436 g/mol. The Bertz CT molecular complexity index is 1260. The van der Waals surface area contributed by atoms with Gasteiger partial charge in [0.05, 0.1) is 24.3 Å². The molecular formula is C27H24N4O2. The van der Waals surface area contributed by atoms with Crippen LogP contribution >= 0.6 is 0 Å². The number of hydrogen-bond donors (Lipinski definition) is 2. The summed E-state index contributed by atoms with van der Waals surface area (Å²) < 4.78 is 0. The number of nitrogen functional groups attached to an aromatic ring is 1. The third-order valence-electron chi connectivity index (χ3n) is 5.37. The molecule has 3 aromatic carbocycles. The van der Waals surface area contributed by atoms with E-state index in [1.165, 1.54) is 0 Å². The van der Waals surface area contributed by atoms with Crippen LogP contribution in [0.1, 0.15) is 21.6 Å². The summed E-state index contributed by atoms with van der Waals surface area (Å²) >= 11 is 0. The number of aromatic nitrogens is 1. The summed E-state index contributed by atoms with van der Waals surface area (Å²) in [6.45, 7) is 0.285. The van der Waals surface area contributed by atoms with Gasteiger partial charge in [-0.2, -0.15) is 0 Å². The molecule has 0 aliphatic rings. The maximum Gasteiger partial charge on any atom is 0.248 e. The summed E-state index contributed by atoms with van der Waals surface area (Å²) in [4.78, 5) is 30.8. The predicted molar refractivity (Wildman–Crippen MR) is 130 cm³/mol.